The zero-order valence-corrected chi connectivity index (χ0v) is 15.9. The second kappa shape index (κ2) is 6.82. The standard InChI is InChI=1S/C21H22FN5O/c1-3-5-21(22)9-16(21)20(28)27-18-8-13-7-17(14-10-24-6-4-12(14)2)26-19(23)15(13)11-25-18/h4,6-8,10-11,16H,3,5,9H2,1-2H3,(H2,23,26)(H,25,27,28). The molecule has 6 nitrogen and oxygen atoms in total. The molecule has 3 aromatic rings. The number of pyridine rings is 3. The predicted octanol–water partition coefficient (Wildman–Crippen LogP) is 4.05. The molecular weight excluding hydrogens is 357 g/mol. The van der Waals surface area contributed by atoms with Crippen molar-refractivity contribution in [3.8, 4) is 11.3 Å². The zero-order valence-electron chi connectivity index (χ0n) is 15.9. The number of nitrogens with two attached hydrogens (primary N) is 1. The Kier molecular flexibility index (Phi) is 4.45. The van der Waals surface area contributed by atoms with Gasteiger partial charge in [-0.1, -0.05) is 13.3 Å². The highest BCUT2D eigenvalue weighted by Gasteiger charge is 2.58. The average molecular weight is 379 g/mol. The molecule has 1 aliphatic rings. The third-order valence-electron chi connectivity index (χ3n) is 5.30. The van der Waals surface area contributed by atoms with E-state index in [4.69, 9.17) is 5.73 Å². The number of halogens is 1. The lowest BCUT2D eigenvalue weighted by atomic mass is 10.1. The summed E-state index contributed by atoms with van der Waals surface area (Å²) in [5, 5.41) is 4.23. The fourth-order valence-corrected chi connectivity index (χ4v) is 3.63. The Balaban J connectivity index is 1.63. The number of rotatable bonds is 5. The lowest BCUT2D eigenvalue weighted by molar-refractivity contribution is -0.118. The Bertz CT molecular complexity index is 1070. The van der Waals surface area contributed by atoms with Crippen LogP contribution in [-0.4, -0.2) is 26.5 Å². The lowest BCUT2D eigenvalue weighted by Crippen LogP contribution is -2.20. The van der Waals surface area contributed by atoms with Crippen molar-refractivity contribution in [1.29, 1.82) is 0 Å². The van der Waals surface area contributed by atoms with Crippen LogP contribution >= 0.6 is 0 Å². The van der Waals surface area contributed by atoms with Gasteiger partial charge in [0.1, 0.15) is 17.3 Å². The van der Waals surface area contributed by atoms with E-state index in [1.807, 2.05) is 26.0 Å². The van der Waals surface area contributed by atoms with E-state index < -0.39 is 11.6 Å². The van der Waals surface area contributed by atoms with Crippen LogP contribution < -0.4 is 11.1 Å². The van der Waals surface area contributed by atoms with Gasteiger partial charge in [-0.05, 0) is 48.9 Å². The summed E-state index contributed by atoms with van der Waals surface area (Å²) in [4.78, 5) is 25.2. The molecule has 0 aromatic carbocycles. The van der Waals surface area contributed by atoms with Crippen LogP contribution in [-0.2, 0) is 4.79 Å². The quantitative estimate of drug-likeness (QED) is 0.697. The molecule has 144 valence electrons. The summed E-state index contributed by atoms with van der Waals surface area (Å²) in [6.07, 6.45) is 6.45. The molecule has 3 N–H and O–H groups in total. The first-order chi connectivity index (χ1) is 13.4. The van der Waals surface area contributed by atoms with Gasteiger partial charge >= 0.3 is 0 Å². The van der Waals surface area contributed by atoms with Crippen LogP contribution in [0.2, 0.25) is 0 Å². The van der Waals surface area contributed by atoms with E-state index in [2.05, 4.69) is 20.3 Å². The number of fused-ring (bicyclic) bond motifs is 1. The molecule has 1 saturated carbocycles. The number of nitrogens with one attached hydrogen (secondary N) is 1. The number of amides is 1. The number of aryl methyl sites for hydroxylation is 1. The first-order valence-corrected chi connectivity index (χ1v) is 9.38. The smallest absolute Gasteiger partial charge is 0.231 e. The number of nitrogens with zero attached hydrogens (tertiary/aromatic N) is 3. The highest BCUT2D eigenvalue weighted by Crippen LogP contribution is 2.51. The van der Waals surface area contributed by atoms with Crippen LogP contribution in [0.25, 0.3) is 22.0 Å². The maximum Gasteiger partial charge on any atom is 0.231 e. The molecule has 1 aliphatic carbocycles. The van der Waals surface area contributed by atoms with Crippen molar-refractivity contribution in [3.63, 3.8) is 0 Å². The van der Waals surface area contributed by atoms with E-state index in [1.165, 1.54) is 0 Å². The van der Waals surface area contributed by atoms with Gasteiger partial charge in [-0.25, -0.2) is 14.4 Å². The second-order valence-corrected chi connectivity index (χ2v) is 7.40. The summed E-state index contributed by atoms with van der Waals surface area (Å²) in [6, 6.07) is 5.54. The molecule has 3 heterocycles. The monoisotopic (exact) mass is 379 g/mol. The van der Waals surface area contributed by atoms with Gasteiger partial charge in [0.15, 0.2) is 0 Å². The van der Waals surface area contributed by atoms with Gasteiger partial charge < -0.3 is 11.1 Å². The molecule has 1 amide bonds. The summed E-state index contributed by atoms with van der Waals surface area (Å²) >= 11 is 0. The molecular formula is C21H22FN5O. The largest absolute Gasteiger partial charge is 0.383 e. The maximum atomic E-state index is 14.4. The van der Waals surface area contributed by atoms with Gasteiger partial charge in [0.25, 0.3) is 0 Å². The third kappa shape index (κ3) is 3.28. The minimum Gasteiger partial charge on any atom is -0.383 e. The number of carbonyl (C=O) groups is 1. The molecule has 1 fully saturated rings. The van der Waals surface area contributed by atoms with Crippen LogP contribution in [0.5, 0.6) is 0 Å². The molecule has 0 radical (unpaired) electrons. The minimum absolute atomic E-state index is 0.279. The van der Waals surface area contributed by atoms with Gasteiger partial charge in [-0.3, -0.25) is 9.78 Å². The number of alkyl halides is 1. The highest BCUT2D eigenvalue weighted by atomic mass is 19.1. The molecule has 0 spiro atoms. The van der Waals surface area contributed by atoms with Crippen LogP contribution in [0.15, 0.2) is 36.8 Å². The van der Waals surface area contributed by atoms with Gasteiger partial charge in [-0.2, -0.15) is 0 Å². The molecule has 2 unspecified atom stereocenters. The number of aromatic nitrogens is 3. The van der Waals surface area contributed by atoms with E-state index in [0.29, 0.717) is 29.1 Å². The molecule has 2 atom stereocenters. The molecule has 0 saturated heterocycles. The zero-order chi connectivity index (χ0) is 19.9. The number of hydrogen-bond acceptors (Lipinski definition) is 5. The van der Waals surface area contributed by atoms with Crippen LogP contribution in [0.4, 0.5) is 16.0 Å². The number of nitrogen functional groups attached to an aromatic ring is 1. The average Bonchev–Trinajstić information content (AvgIpc) is 3.33. The summed E-state index contributed by atoms with van der Waals surface area (Å²) in [6.45, 7) is 3.89. The van der Waals surface area contributed by atoms with Crippen molar-refractivity contribution >= 4 is 28.3 Å². The molecule has 0 aliphatic heterocycles. The predicted molar refractivity (Wildman–Crippen MR) is 107 cm³/mol. The van der Waals surface area contributed by atoms with Crippen LogP contribution in [0.1, 0.15) is 31.7 Å². The summed E-state index contributed by atoms with van der Waals surface area (Å²) in [5.74, 6) is -0.189. The Hall–Kier alpha value is -3.09. The first kappa shape index (κ1) is 18.3. The SMILES string of the molecule is CCCC1(F)CC1C(=O)Nc1cc2cc(-c3cnccc3C)nc(N)c2cn1. The fraction of sp³-hybridized carbons (Fsp3) is 0.333. The highest BCUT2D eigenvalue weighted by molar-refractivity contribution is 5.99. The fourth-order valence-electron chi connectivity index (χ4n) is 3.63. The number of hydrogen-bond donors (Lipinski definition) is 2. The van der Waals surface area contributed by atoms with E-state index in [9.17, 15) is 9.18 Å². The summed E-state index contributed by atoms with van der Waals surface area (Å²) < 4.78 is 14.4. The van der Waals surface area contributed by atoms with E-state index in [-0.39, 0.29) is 12.3 Å². The Morgan fingerprint density at radius 2 is 2.21 bits per heavy atom. The van der Waals surface area contributed by atoms with Gasteiger partial charge in [-0.15, -0.1) is 0 Å². The summed E-state index contributed by atoms with van der Waals surface area (Å²) in [7, 11) is 0. The molecule has 28 heavy (non-hydrogen) atoms. The van der Waals surface area contributed by atoms with Crippen molar-refractivity contribution in [2.45, 2.75) is 38.8 Å². The molecule has 7 heteroatoms. The normalized spacial score (nSPS) is 20.9. The van der Waals surface area contributed by atoms with Crippen molar-refractivity contribution in [3.05, 3.63) is 42.4 Å². The molecule has 0 bridgehead atoms. The second-order valence-electron chi connectivity index (χ2n) is 7.40. The maximum absolute atomic E-state index is 14.4. The number of anilines is 2. The van der Waals surface area contributed by atoms with E-state index in [0.717, 1.165) is 22.9 Å². The first-order valence-electron chi connectivity index (χ1n) is 9.38. The van der Waals surface area contributed by atoms with E-state index in [1.54, 1.807) is 24.7 Å². The Morgan fingerprint density at radius 1 is 1.39 bits per heavy atom. The van der Waals surface area contributed by atoms with Gasteiger partial charge in [0, 0.05) is 29.5 Å². The van der Waals surface area contributed by atoms with Gasteiger partial charge in [0.05, 0.1) is 11.6 Å². The van der Waals surface area contributed by atoms with Crippen LogP contribution in [0.3, 0.4) is 0 Å². The Labute approximate surface area is 162 Å². The third-order valence-corrected chi connectivity index (χ3v) is 5.30. The topological polar surface area (TPSA) is 93.8 Å². The minimum atomic E-state index is -1.37. The van der Waals surface area contributed by atoms with E-state index >= 15 is 0 Å². The Morgan fingerprint density at radius 3 is 2.96 bits per heavy atom. The lowest BCUT2D eigenvalue weighted by Gasteiger charge is -2.10. The van der Waals surface area contributed by atoms with Crippen molar-refractivity contribution < 1.29 is 9.18 Å². The summed E-state index contributed by atoms with van der Waals surface area (Å²) in [5.41, 5.74) is 7.37. The van der Waals surface area contributed by atoms with Gasteiger partial charge in [0.2, 0.25) is 5.91 Å². The van der Waals surface area contributed by atoms with Crippen molar-refractivity contribution in [2.75, 3.05) is 11.1 Å². The van der Waals surface area contributed by atoms with Crippen molar-refractivity contribution in [1.82, 2.24) is 15.0 Å². The number of carbonyl (C=O) groups excluding carboxylic acids is 1. The van der Waals surface area contributed by atoms with Crippen LogP contribution in [0, 0.1) is 12.8 Å². The molecule has 4 rings (SSSR count). The molecule has 3 aromatic heterocycles. The van der Waals surface area contributed by atoms with Crippen molar-refractivity contribution in [2.24, 2.45) is 5.92 Å².